The van der Waals surface area contributed by atoms with Crippen LogP contribution in [0.5, 0.6) is 0 Å². The van der Waals surface area contributed by atoms with Gasteiger partial charge in [0, 0.05) is 0 Å². The van der Waals surface area contributed by atoms with Crippen molar-refractivity contribution in [3.8, 4) is 0 Å². The van der Waals surface area contributed by atoms with Crippen LogP contribution in [0.15, 0.2) is 0 Å². The Morgan fingerprint density at radius 2 is 2.05 bits per heavy atom. The van der Waals surface area contributed by atoms with Crippen molar-refractivity contribution in [2.24, 2.45) is 0 Å². The van der Waals surface area contributed by atoms with Crippen molar-refractivity contribution in [2.75, 3.05) is 6.61 Å². The largest absolute Gasteiger partial charge is 0.464 e. The van der Waals surface area contributed by atoms with Crippen LogP contribution in [-0.4, -0.2) is 41.0 Å². The smallest absolute Gasteiger partial charge is 0.408 e. The van der Waals surface area contributed by atoms with E-state index in [1.54, 1.807) is 27.7 Å². The third-order valence-electron chi connectivity index (χ3n) is 2.98. The quantitative estimate of drug-likeness (QED) is 0.758. The Morgan fingerprint density at radius 1 is 1.42 bits per heavy atom. The second-order valence-corrected chi connectivity index (χ2v) is 5.73. The fraction of sp³-hybridized carbons (Fsp3) is 0.846. The molecule has 0 aromatic heterocycles. The second-order valence-electron chi connectivity index (χ2n) is 5.73. The number of hydrogen-bond acceptors (Lipinski definition) is 5. The summed E-state index contributed by atoms with van der Waals surface area (Å²) in [6, 6.07) is 0. The first-order valence-electron chi connectivity index (χ1n) is 6.58. The molecule has 1 rings (SSSR count). The molecule has 19 heavy (non-hydrogen) atoms. The van der Waals surface area contributed by atoms with Crippen molar-refractivity contribution < 1.29 is 24.2 Å². The van der Waals surface area contributed by atoms with Crippen molar-refractivity contribution in [3.05, 3.63) is 0 Å². The Kier molecular flexibility index (Phi) is 4.79. The van der Waals surface area contributed by atoms with Crippen molar-refractivity contribution in [1.82, 2.24) is 5.32 Å². The highest BCUT2D eigenvalue weighted by atomic mass is 16.6. The number of esters is 1. The van der Waals surface area contributed by atoms with E-state index in [-0.39, 0.29) is 6.61 Å². The molecule has 1 aliphatic carbocycles. The van der Waals surface area contributed by atoms with E-state index >= 15 is 0 Å². The van der Waals surface area contributed by atoms with Crippen molar-refractivity contribution >= 4 is 12.1 Å². The van der Waals surface area contributed by atoms with E-state index in [9.17, 15) is 14.7 Å². The molecular weight excluding hydrogens is 250 g/mol. The highest BCUT2D eigenvalue weighted by Crippen LogP contribution is 2.32. The number of amides is 1. The lowest BCUT2D eigenvalue weighted by molar-refractivity contribution is -0.155. The van der Waals surface area contributed by atoms with E-state index in [0.717, 1.165) is 0 Å². The number of nitrogens with one attached hydrogen (secondary N) is 1. The summed E-state index contributed by atoms with van der Waals surface area (Å²) in [4.78, 5) is 23.8. The molecule has 110 valence electrons. The van der Waals surface area contributed by atoms with Crippen LogP contribution in [0.1, 0.15) is 47.0 Å². The minimum atomic E-state index is -1.38. The average Bonchev–Trinajstić information content (AvgIpc) is 2.58. The second kappa shape index (κ2) is 5.77. The van der Waals surface area contributed by atoms with Crippen molar-refractivity contribution in [2.45, 2.75) is 64.2 Å². The minimum Gasteiger partial charge on any atom is -0.464 e. The van der Waals surface area contributed by atoms with Crippen LogP contribution in [0.4, 0.5) is 4.79 Å². The maximum Gasteiger partial charge on any atom is 0.408 e. The molecule has 6 nitrogen and oxygen atoms in total. The number of carbonyl (C=O) groups is 2. The molecule has 1 amide bonds. The summed E-state index contributed by atoms with van der Waals surface area (Å²) >= 11 is 0. The van der Waals surface area contributed by atoms with E-state index in [0.29, 0.717) is 19.3 Å². The first-order chi connectivity index (χ1) is 8.71. The average molecular weight is 273 g/mol. The number of alkyl carbamates (subject to hydrolysis) is 1. The zero-order chi connectivity index (χ0) is 14.7. The maximum atomic E-state index is 12.0. The lowest BCUT2D eigenvalue weighted by Gasteiger charge is -2.32. The van der Waals surface area contributed by atoms with E-state index < -0.39 is 29.3 Å². The summed E-state index contributed by atoms with van der Waals surface area (Å²) in [7, 11) is 0. The van der Waals surface area contributed by atoms with E-state index in [1.165, 1.54) is 0 Å². The fourth-order valence-electron chi connectivity index (χ4n) is 2.17. The number of rotatable bonds is 3. The van der Waals surface area contributed by atoms with Crippen LogP contribution in [0.3, 0.4) is 0 Å². The van der Waals surface area contributed by atoms with Gasteiger partial charge in [0.15, 0.2) is 5.54 Å². The number of carbonyl (C=O) groups excluding carboxylic acids is 2. The normalized spacial score (nSPS) is 26.9. The van der Waals surface area contributed by atoms with Gasteiger partial charge >= 0.3 is 12.1 Å². The number of aliphatic hydroxyl groups is 1. The molecular formula is C13H23NO5. The summed E-state index contributed by atoms with van der Waals surface area (Å²) in [5.74, 6) is -0.606. The van der Waals surface area contributed by atoms with Gasteiger partial charge < -0.3 is 19.9 Å². The summed E-state index contributed by atoms with van der Waals surface area (Å²) < 4.78 is 10.1. The molecule has 0 spiro atoms. The molecule has 0 saturated heterocycles. The molecule has 0 bridgehead atoms. The molecule has 2 atom stereocenters. The predicted octanol–water partition coefficient (Wildman–Crippen LogP) is 1.36. The van der Waals surface area contributed by atoms with Gasteiger partial charge in [-0.1, -0.05) is 0 Å². The molecule has 2 unspecified atom stereocenters. The zero-order valence-electron chi connectivity index (χ0n) is 12.0. The highest BCUT2D eigenvalue weighted by molar-refractivity contribution is 5.87. The molecule has 0 aliphatic heterocycles. The van der Waals surface area contributed by atoms with Gasteiger partial charge in [-0.2, -0.15) is 0 Å². The molecule has 2 N–H and O–H groups in total. The molecule has 1 saturated carbocycles. The topological polar surface area (TPSA) is 84.9 Å². The SMILES string of the molecule is CCOC(=O)C1(NC(=O)OC(C)(C)C)CCCC1O. The molecule has 6 heteroatoms. The number of hydrogen-bond donors (Lipinski definition) is 2. The first-order valence-corrected chi connectivity index (χ1v) is 6.58. The third kappa shape index (κ3) is 3.83. The maximum absolute atomic E-state index is 12.0. The molecule has 1 aliphatic rings. The molecule has 0 radical (unpaired) electrons. The summed E-state index contributed by atoms with van der Waals surface area (Å²) in [6.07, 6.45) is -0.211. The van der Waals surface area contributed by atoms with Gasteiger partial charge in [-0.3, -0.25) is 0 Å². The van der Waals surface area contributed by atoms with Gasteiger partial charge in [0.05, 0.1) is 12.7 Å². The van der Waals surface area contributed by atoms with Crippen LogP contribution >= 0.6 is 0 Å². The first kappa shape index (κ1) is 15.8. The van der Waals surface area contributed by atoms with E-state index in [1.807, 2.05) is 0 Å². The van der Waals surface area contributed by atoms with E-state index in [2.05, 4.69) is 5.32 Å². The Labute approximate surface area is 113 Å². The Bertz CT molecular complexity index is 349. The van der Waals surface area contributed by atoms with Gasteiger partial charge in [0.25, 0.3) is 0 Å². The zero-order valence-corrected chi connectivity index (χ0v) is 12.0. The molecule has 0 aromatic carbocycles. The Morgan fingerprint density at radius 3 is 2.47 bits per heavy atom. The molecule has 0 aromatic rings. The van der Waals surface area contributed by atoms with Crippen LogP contribution in [-0.2, 0) is 14.3 Å². The third-order valence-corrected chi connectivity index (χ3v) is 2.98. The monoisotopic (exact) mass is 273 g/mol. The minimum absolute atomic E-state index is 0.198. The molecule has 0 heterocycles. The lowest BCUT2D eigenvalue weighted by Crippen LogP contribution is -2.60. The van der Waals surface area contributed by atoms with Gasteiger partial charge in [0.2, 0.25) is 0 Å². The van der Waals surface area contributed by atoms with Crippen LogP contribution in [0, 0.1) is 0 Å². The standard InChI is InChI=1S/C13H23NO5/c1-5-18-10(16)13(8-6-7-9(13)15)14-11(17)19-12(2,3)4/h9,15H,5-8H2,1-4H3,(H,14,17). The van der Waals surface area contributed by atoms with Crippen LogP contribution in [0.25, 0.3) is 0 Å². The van der Waals surface area contributed by atoms with Crippen LogP contribution < -0.4 is 5.32 Å². The lowest BCUT2D eigenvalue weighted by atomic mass is 9.95. The van der Waals surface area contributed by atoms with Crippen LogP contribution in [0.2, 0.25) is 0 Å². The summed E-state index contributed by atoms with van der Waals surface area (Å²) in [6.45, 7) is 7.07. The van der Waals surface area contributed by atoms with E-state index in [4.69, 9.17) is 9.47 Å². The summed E-state index contributed by atoms with van der Waals surface area (Å²) in [5.41, 5.74) is -2.04. The van der Waals surface area contributed by atoms with Crippen molar-refractivity contribution in [1.29, 1.82) is 0 Å². The van der Waals surface area contributed by atoms with Gasteiger partial charge in [0.1, 0.15) is 5.60 Å². The Hall–Kier alpha value is -1.30. The van der Waals surface area contributed by atoms with Crippen molar-refractivity contribution in [3.63, 3.8) is 0 Å². The highest BCUT2D eigenvalue weighted by Gasteiger charge is 2.51. The Balaban J connectivity index is 2.82. The number of ether oxygens (including phenoxy) is 2. The predicted molar refractivity (Wildman–Crippen MR) is 68.6 cm³/mol. The van der Waals surface area contributed by atoms with Gasteiger partial charge in [-0.15, -0.1) is 0 Å². The van der Waals surface area contributed by atoms with Gasteiger partial charge in [-0.05, 0) is 47.0 Å². The number of aliphatic hydroxyl groups excluding tert-OH is 1. The van der Waals surface area contributed by atoms with Gasteiger partial charge in [-0.25, -0.2) is 9.59 Å². The fourth-order valence-corrected chi connectivity index (χ4v) is 2.17. The molecule has 1 fully saturated rings. The summed E-state index contributed by atoms with van der Waals surface area (Å²) in [5, 5.41) is 12.5.